The molecule has 8 aliphatic rings. The van der Waals surface area contributed by atoms with Gasteiger partial charge >= 0.3 is 6.18 Å². The van der Waals surface area contributed by atoms with Crippen LogP contribution < -0.4 is 16.0 Å². The van der Waals surface area contributed by atoms with Crippen molar-refractivity contribution in [3.8, 4) is 0 Å². The highest BCUT2D eigenvalue weighted by atomic mass is 35.5. The standard InChI is InChI=1S/C78H124ClF3N12O13/c1-15-22-58-67(98)84-57(37-47(3)4)70(101)93(52-32-33-52)44-65(97)89(12)59-25-18-17-21-36-92(73(59)104)62(39-50-28-26-48(5)27-29-50)72(103)87(10)43-63(95)83-56(35-31-49-30-34-54(55(79)38-49)78(80,81)82)69(100)94-42-53(107-16-2)40-60(94)68(99)85-77(45-76(6,7)46-77)75(106)91(14)66(51-23-19-20-24-51)74(105)90(13)61(71(102)86(8)9)41-64(96)88(58)11/h17-18,47-62,66H,15-16,19-46H2,1-14H3,(H,83,95)(H,84,98)(H,85,99)/b18-17-/t48?,49?,50?,53-,54?,55?,56+,57+,58+,59+,60+,61+,62+,66+/m1/s1. The number of ether oxygens (including phenoxy) is 1. The summed E-state index contributed by atoms with van der Waals surface area (Å²) in [5, 5.41) is 7.69. The van der Waals surface area contributed by atoms with Crippen molar-refractivity contribution in [2.75, 3.05) is 82.1 Å². The number of nitrogens with zero attached hydrogens (tertiary/aromatic N) is 9. The Labute approximate surface area is 636 Å². The van der Waals surface area contributed by atoms with Gasteiger partial charge in [0.1, 0.15) is 60.4 Å². The lowest BCUT2D eigenvalue weighted by molar-refractivity contribution is -0.182. The predicted octanol–water partition coefficient (Wildman–Crippen LogP) is 7.05. The molecule has 7 fully saturated rings. The second-order valence-electron chi connectivity index (χ2n) is 34.1. The molecule has 1 spiro atoms. The average molecular weight is 1530 g/mol. The summed E-state index contributed by atoms with van der Waals surface area (Å²) in [6.07, 6.45) is 6.26. The molecule has 3 N–H and O–H groups in total. The lowest BCUT2D eigenvalue weighted by Gasteiger charge is -2.54. The van der Waals surface area contributed by atoms with E-state index in [1.165, 1.54) is 93.4 Å². The Balaban J connectivity index is 1.21. The van der Waals surface area contributed by atoms with Crippen LogP contribution in [0.2, 0.25) is 0 Å². The number of rotatable bonds is 14. The summed E-state index contributed by atoms with van der Waals surface area (Å²) < 4.78 is 48.6. The first-order valence-corrected chi connectivity index (χ1v) is 40.1. The molecule has 0 aromatic heterocycles. The predicted molar refractivity (Wildman–Crippen MR) is 397 cm³/mol. The zero-order valence-electron chi connectivity index (χ0n) is 66.0. The Morgan fingerprint density at radius 3 is 1.91 bits per heavy atom. The zero-order chi connectivity index (χ0) is 78.9. The highest BCUT2D eigenvalue weighted by molar-refractivity contribution is 6.21. The topological polar surface area (TPSA) is 279 Å². The van der Waals surface area contributed by atoms with Gasteiger partial charge in [0.25, 0.3) is 0 Å². The first-order chi connectivity index (χ1) is 50.3. The van der Waals surface area contributed by atoms with Gasteiger partial charge in [-0.25, -0.2) is 0 Å². The molecule has 29 heteroatoms. The first kappa shape index (κ1) is 86.0. The van der Waals surface area contributed by atoms with E-state index in [1.54, 1.807) is 6.92 Å². The van der Waals surface area contributed by atoms with Crippen LogP contribution in [-0.4, -0.2) is 275 Å². The second kappa shape index (κ2) is 37.0. The highest BCUT2D eigenvalue weighted by Crippen LogP contribution is 2.50. The number of nitrogens with one attached hydrogen (secondary N) is 3. The summed E-state index contributed by atoms with van der Waals surface area (Å²) in [5.41, 5.74) is -2.17. The van der Waals surface area contributed by atoms with Crippen molar-refractivity contribution in [2.24, 2.45) is 40.9 Å². The lowest BCUT2D eigenvalue weighted by Crippen LogP contribution is -2.71. The molecular formula is C78H124ClF3N12O13. The Morgan fingerprint density at radius 2 is 1.32 bits per heavy atom. The summed E-state index contributed by atoms with van der Waals surface area (Å²) in [6.45, 7) is 12.5. The fourth-order valence-corrected chi connectivity index (χ4v) is 18.8. The van der Waals surface area contributed by atoms with Gasteiger partial charge in [-0.3, -0.25) is 57.5 Å². The molecular weight excluding hydrogens is 1410 g/mol. The summed E-state index contributed by atoms with van der Waals surface area (Å²) in [7, 11) is 10.2. The van der Waals surface area contributed by atoms with Gasteiger partial charge in [0, 0.05) is 86.9 Å². The molecule has 8 rings (SSSR count). The number of fused-ring (bicyclic) bond motifs is 3. The SMILES string of the molecule is CCC[C@H]1C(=O)N[C@@H](CC(C)C)C(=O)N(C2CC2)CC(=O)N(C)[C@H]2C/C=C\CCN(C2=O)[C@@H](CC2CCC(C)CC2)C(=O)N(C)CC(=O)N[C@@H](CCC2CCC(C(F)(F)F)C(Cl)C2)C(=O)N2C[C@H](OCC)C[C@H]2C(=O)NC2(CC(C)(C)C2)C(=O)N(C)[C@@H](C2CCCC2)C(=O)N(C)[C@H](C(=O)N(C)C)CC(=O)N1C. The van der Waals surface area contributed by atoms with Crippen LogP contribution in [0.5, 0.6) is 0 Å². The van der Waals surface area contributed by atoms with Crippen molar-refractivity contribution in [1.29, 1.82) is 0 Å². The highest BCUT2D eigenvalue weighted by Gasteiger charge is 2.60. The van der Waals surface area contributed by atoms with Gasteiger partial charge in [0.15, 0.2) is 0 Å². The third-order valence-corrected chi connectivity index (χ3v) is 24.8. The molecule has 12 amide bonds. The fourth-order valence-electron chi connectivity index (χ4n) is 18.2. The van der Waals surface area contributed by atoms with Crippen molar-refractivity contribution in [3.63, 3.8) is 0 Å². The molecule has 3 heterocycles. The molecule has 3 aliphatic heterocycles. The third-order valence-electron chi connectivity index (χ3n) is 24.4. The van der Waals surface area contributed by atoms with Crippen LogP contribution in [-0.2, 0) is 62.3 Å². The summed E-state index contributed by atoms with van der Waals surface area (Å²) in [6, 6.07) is -10.4. The van der Waals surface area contributed by atoms with Crippen LogP contribution in [0.1, 0.15) is 209 Å². The molecule has 0 radical (unpaired) electrons. The third kappa shape index (κ3) is 21.3. The summed E-state index contributed by atoms with van der Waals surface area (Å²) in [5.74, 6) is -9.87. The quantitative estimate of drug-likeness (QED) is 0.116. The average Bonchev–Trinajstić information content (AvgIpc) is 0.972. The molecule has 602 valence electrons. The van der Waals surface area contributed by atoms with E-state index in [0.29, 0.717) is 44.4 Å². The Hall–Kier alpha value is -6.58. The van der Waals surface area contributed by atoms with Crippen LogP contribution in [0, 0.1) is 40.9 Å². The summed E-state index contributed by atoms with van der Waals surface area (Å²) >= 11 is 6.48. The molecule has 5 saturated carbocycles. The van der Waals surface area contributed by atoms with Crippen LogP contribution in [0.15, 0.2) is 12.2 Å². The summed E-state index contributed by atoms with van der Waals surface area (Å²) in [4.78, 5) is 195. The van der Waals surface area contributed by atoms with Crippen molar-refractivity contribution >= 4 is 82.5 Å². The van der Waals surface area contributed by atoms with Crippen LogP contribution in [0.4, 0.5) is 13.2 Å². The van der Waals surface area contributed by atoms with Gasteiger partial charge in [-0.05, 0) is 145 Å². The minimum atomic E-state index is -4.53. The number of carbonyl (C=O) groups excluding carboxylic acids is 12. The van der Waals surface area contributed by atoms with E-state index in [1.807, 2.05) is 46.8 Å². The van der Waals surface area contributed by atoms with Crippen LogP contribution >= 0.6 is 11.6 Å². The molecule has 0 aromatic rings. The van der Waals surface area contributed by atoms with E-state index in [4.69, 9.17) is 16.3 Å². The molecule has 107 heavy (non-hydrogen) atoms. The smallest absolute Gasteiger partial charge is 0.377 e. The number of hydrogen-bond acceptors (Lipinski definition) is 13. The largest absolute Gasteiger partial charge is 0.393 e. The normalized spacial score (nSPS) is 32.2. The minimum absolute atomic E-state index is 0.00176. The maximum atomic E-state index is 15.8. The number of likely N-dealkylation sites (N-methyl/N-ethyl adjacent to an activating group) is 6. The molecule has 2 bridgehead atoms. The van der Waals surface area contributed by atoms with Crippen molar-refractivity contribution in [3.05, 3.63) is 12.2 Å². The molecule has 2 saturated heterocycles. The van der Waals surface area contributed by atoms with E-state index >= 15 is 33.6 Å². The first-order valence-electron chi connectivity index (χ1n) is 39.6. The van der Waals surface area contributed by atoms with E-state index in [0.717, 1.165) is 38.5 Å². The van der Waals surface area contributed by atoms with Gasteiger partial charge < -0.3 is 64.8 Å². The van der Waals surface area contributed by atoms with Crippen molar-refractivity contribution in [2.45, 2.75) is 287 Å². The van der Waals surface area contributed by atoms with Crippen LogP contribution in [0.25, 0.3) is 0 Å². The van der Waals surface area contributed by atoms with E-state index < -0.39 is 185 Å². The van der Waals surface area contributed by atoms with Gasteiger partial charge in [-0.2, -0.15) is 13.2 Å². The number of hydrogen-bond donors (Lipinski definition) is 3. The zero-order valence-corrected chi connectivity index (χ0v) is 66.8. The van der Waals surface area contributed by atoms with Gasteiger partial charge in [0.05, 0.1) is 25.0 Å². The Morgan fingerprint density at radius 1 is 0.673 bits per heavy atom. The van der Waals surface area contributed by atoms with Crippen LogP contribution in [0.3, 0.4) is 0 Å². The molecule has 5 aliphatic carbocycles. The van der Waals surface area contributed by atoms with Crippen molar-refractivity contribution < 1.29 is 75.4 Å². The van der Waals surface area contributed by atoms with E-state index in [2.05, 4.69) is 22.9 Å². The monoisotopic (exact) mass is 1530 g/mol. The fraction of sp³-hybridized carbons (Fsp3) is 0.821. The second-order valence-corrected chi connectivity index (χ2v) is 34.6. The van der Waals surface area contributed by atoms with Gasteiger partial charge in [-0.15, -0.1) is 11.6 Å². The number of alkyl halides is 4. The molecule has 0 aromatic carbocycles. The van der Waals surface area contributed by atoms with Crippen molar-refractivity contribution in [1.82, 2.24) is 60.0 Å². The Kier molecular flexibility index (Phi) is 29.7. The molecule has 25 nitrogen and oxygen atoms in total. The lowest BCUT2D eigenvalue weighted by atomic mass is 9.58. The molecule has 12 atom stereocenters. The maximum absolute atomic E-state index is 15.8. The van der Waals surface area contributed by atoms with Gasteiger partial charge in [0.2, 0.25) is 70.9 Å². The number of carbonyl (C=O) groups is 12. The molecule has 3 unspecified atom stereocenters. The minimum Gasteiger partial charge on any atom is -0.377 e. The Bertz CT molecular complexity index is 3220. The number of amides is 12. The maximum Gasteiger partial charge on any atom is 0.393 e. The van der Waals surface area contributed by atoms with E-state index in [9.17, 15) is 37.1 Å². The van der Waals surface area contributed by atoms with Gasteiger partial charge in [-0.1, -0.05) is 98.6 Å². The number of halogens is 4. The van der Waals surface area contributed by atoms with E-state index in [-0.39, 0.29) is 115 Å².